The summed E-state index contributed by atoms with van der Waals surface area (Å²) in [4.78, 5) is 23.9. The minimum atomic E-state index is -0.949. The molecule has 2 aromatic carbocycles. The van der Waals surface area contributed by atoms with E-state index in [4.69, 9.17) is 0 Å². The van der Waals surface area contributed by atoms with Crippen molar-refractivity contribution in [2.45, 2.75) is 12.0 Å². The number of hydrogen-bond acceptors (Lipinski definition) is 2. The van der Waals surface area contributed by atoms with E-state index in [0.29, 0.717) is 11.1 Å². The smallest absolute Gasteiger partial charge is 0.313 e. The molecule has 21 heavy (non-hydrogen) atoms. The van der Waals surface area contributed by atoms with E-state index in [1.807, 2.05) is 24.3 Å². The fourth-order valence-electron chi connectivity index (χ4n) is 2.68. The first-order chi connectivity index (χ1) is 10.1. The van der Waals surface area contributed by atoms with Crippen LogP contribution in [0.2, 0.25) is 0 Å². The second-order valence-corrected chi connectivity index (χ2v) is 5.82. The number of rotatable bonds is 2. The Morgan fingerprint density at radius 1 is 1.10 bits per heavy atom. The highest BCUT2D eigenvalue weighted by atomic mass is 79.9. The van der Waals surface area contributed by atoms with Gasteiger partial charge in [-0.3, -0.25) is 9.59 Å². The van der Waals surface area contributed by atoms with Gasteiger partial charge in [-0.05, 0) is 29.3 Å². The molecular weight excluding hydrogens is 334 g/mol. The lowest BCUT2D eigenvalue weighted by molar-refractivity contribution is -0.139. The molecule has 0 spiro atoms. The fourth-order valence-corrected chi connectivity index (χ4v) is 2.94. The van der Waals surface area contributed by atoms with Crippen molar-refractivity contribution >= 4 is 27.8 Å². The molecule has 2 atom stereocenters. The summed E-state index contributed by atoms with van der Waals surface area (Å²) in [5.41, 5.74) is 1.76. The molecule has 3 rings (SSSR count). The largest absolute Gasteiger partial charge is 0.481 e. The maximum Gasteiger partial charge on any atom is 0.313 e. The zero-order valence-corrected chi connectivity index (χ0v) is 12.5. The number of carbonyl (C=O) groups is 2. The summed E-state index contributed by atoms with van der Waals surface area (Å²) in [5.74, 6) is -1.98. The summed E-state index contributed by atoms with van der Waals surface area (Å²) in [6.07, 6.45) is 0. The number of carbonyl (C=O) groups excluding carboxylic acids is 1. The van der Waals surface area contributed by atoms with Gasteiger partial charge in [0.25, 0.3) is 5.91 Å². The predicted octanol–water partition coefficient (Wildman–Crippen LogP) is 3.10. The highest BCUT2D eigenvalue weighted by Gasteiger charge is 2.38. The Bertz CT molecular complexity index is 712. The van der Waals surface area contributed by atoms with E-state index in [9.17, 15) is 14.7 Å². The van der Waals surface area contributed by atoms with Gasteiger partial charge >= 0.3 is 5.97 Å². The molecule has 0 unspecified atom stereocenters. The monoisotopic (exact) mass is 345 g/mol. The Morgan fingerprint density at radius 3 is 2.43 bits per heavy atom. The Balaban J connectivity index is 2.11. The molecule has 0 aromatic heterocycles. The van der Waals surface area contributed by atoms with Gasteiger partial charge in [0.1, 0.15) is 5.92 Å². The van der Waals surface area contributed by atoms with Crippen LogP contribution in [0.4, 0.5) is 0 Å². The van der Waals surface area contributed by atoms with Gasteiger partial charge in [-0.1, -0.05) is 46.3 Å². The average molecular weight is 346 g/mol. The molecule has 0 fully saturated rings. The number of fused-ring (bicyclic) bond motifs is 1. The van der Waals surface area contributed by atoms with Gasteiger partial charge in [0.15, 0.2) is 0 Å². The molecule has 4 nitrogen and oxygen atoms in total. The van der Waals surface area contributed by atoms with Crippen LogP contribution in [0.15, 0.2) is 53.0 Å². The Labute approximate surface area is 129 Å². The van der Waals surface area contributed by atoms with Crippen molar-refractivity contribution in [2.24, 2.45) is 0 Å². The minimum Gasteiger partial charge on any atom is -0.481 e. The number of benzene rings is 2. The molecule has 1 heterocycles. The van der Waals surface area contributed by atoms with E-state index in [0.717, 1.165) is 10.0 Å². The lowest BCUT2D eigenvalue weighted by atomic mass is 9.81. The van der Waals surface area contributed by atoms with Crippen LogP contribution in [0.25, 0.3) is 0 Å². The van der Waals surface area contributed by atoms with Gasteiger partial charge in [-0.25, -0.2) is 0 Å². The summed E-state index contributed by atoms with van der Waals surface area (Å²) in [6.45, 7) is 0. The molecule has 0 saturated heterocycles. The van der Waals surface area contributed by atoms with E-state index in [2.05, 4.69) is 21.2 Å². The van der Waals surface area contributed by atoms with E-state index in [-0.39, 0.29) is 5.91 Å². The van der Waals surface area contributed by atoms with Gasteiger partial charge in [0.05, 0.1) is 6.04 Å². The Hall–Kier alpha value is -2.14. The van der Waals surface area contributed by atoms with Gasteiger partial charge in [0, 0.05) is 10.0 Å². The highest BCUT2D eigenvalue weighted by molar-refractivity contribution is 9.10. The molecule has 106 valence electrons. The van der Waals surface area contributed by atoms with Crippen molar-refractivity contribution in [1.29, 1.82) is 0 Å². The number of carboxylic acid groups (broad SMARTS) is 1. The second-order valence-electron chi connectivity index (χ2n) is 4.91. The van der Waals surface area contributed by atoms with Gasteiger partial charge in [0.2, 0.25) is 0 Å². The average Bonchev–Trinajstić information content (AvgIpc) is 2.47. The summed E-state index contributed by atoms with van der Waals surface area (Å²) >= 11 is 3.35. The molecule has 2 N–H and O–H groups in total. The first kappa shape index (κ1) is 13.8. The standard InChI is InChI=1S/C16H12BrNO3/c17-10-7-5-9(6-8-10)14-13(16(20)21)11-3-1-2-4-12(11)15(19)18-14/h1-8,13-14H,(H,18,19)(H,20,21)/t13-,14+/m1/s1. The van der Waals surface area contributed by atoms with Crippen molar-refractivity contribution in [3.8, 4) is 0 Å². The minimum absolute atomic E-state index is 0.240. The lowest BCUT2D eigenvalue weighted by Crippen LogP contribution is -2.41. The summed E-state index contributed by atoms with van der Waals surface area (Å²) in [5, 5.41) is 12.4. The van der Waals surface area contributed by atoms with E-state index < -0.39 is 17.9 Å². The third-order valence-corrected chi connectivity index (χ3v) is 4.18. The fraction of sp³-hybridized carbons (Fsp3) is 0.125. The van der Waals surface area contributed by atoms with Crippen LogP contribution in [-0.4, -0.2) is 17.0 Å². The van der Waals surface area contributed by atoms with Crippen LogP contribution in [0.1, 0.15) is 33.4 Å². The zero-order valence-electron chi connectivity index (χ0n) is 10.9. The molecule has 0 radical (unpaired) electrons. The first-order valence-corrected chi connectivity index (χ1v) is 7.25. The molecule has 2 aromatic rings. The second kappa shape index (κ2) is 5.33. The molecular formula is C16H12BrNO3. The molecule has 0 saturated carbocycles. The predicted molar refractivity (Wildman–Crippen MR) is 81.2 cm³/mol. The number of carboxylic acids is 1. The number of hydrogen-bond donors (Lipinski definition) is 2. The molecule has 1 aliphatic heterocycles. The van der Waals surface area contributed by atoms with E-state index in [1.165, 1.54) is 0 Å². The van der Waals surface area contributed by atoms with Crippen LogP contribution in [0.5, 0.6) is 0 Å². The number of nitrogens with one attached hydrogen (secondary N) is 1. The molecule has 5 heteroatoms. The van der Waals surface area contributed by atoms with Crippen LogP contribution in [0.3, 0.4) is 0 Å². The quantitative estimate of drug-likeness (QED) is 0.878. The summed E-state index contributed by atoms with van der Waals surface area (Å²) < 4.78 is 0.903. The first-order valence-electron chi connectivity index (χ1n) is 6.46. The molecule has 0 aliphatic carbocycles. The number of halogens is 1. The number of amides is 1. The van der Waals surface area contributed by atoms with E-state index in [1.54, 1.807) is 24.3 Å². The number of aliphatic carboxylic acids is 1. The van der Waals surface area contributed by atoms with Crippen molar-refractivity contribution in [3.63, 3.8) is 0 Å². The summed E-state index contributed by atoms with van der Waals surface area (Å²) in [6, 6.07) is 13.6. The Morgan fingerprint density at radius 2 is 1.76 bits per heavy atom. The Kier molecular flexibility index (Phi) is 3.51. The van der Waals surface area contributed by atoms with Crippen LogP contribution < -0.4 is 5.32 Å². The van der Waals surface area contributed by atoms with Gasteiger partial charge in [-0.15, -0.1) is 0 Å². The van der Waals surface area contributed by atoms with Gasteiger partial charge in [-0.2, -0.15) is 0 Å². The van der Waals surface area contributed by atoms with Crippen LogP contribution >= 0.6 is 15.9 Å². The van der Waals surface area contributed by atoms with Crippen LogP contribution in [0, 0.1) is 0 Å². The molecule has 0 bridgehead atoms. The SMILES string of the molecule is O=C1N[C@@H](c2ccc(Br)cc2)[C@H](C(=O)O)c2ccccc21. The van der Waals surface area contributed by atoms with Crippen molar-refractivity contribution in [3.05, 3.63) is 69.7 Å². The summed E-state index contributed by atoms with van der Waals surface area (Å²) in [7, 11) is 0. The highest BCUT2D eigenvalue weighted by Crippen LogP contribution is 2.37. The third-order valence-electron chi connectivity index (χ3n) is 3.66. The normalized spacial score (nSPS) is 20.5. The molecule has 1 aliphatic rings. The van der Waals surface area contributed by atoms with E-state index >= 15 is 0 Å². The topological polar surface area (TPSA) is 66.4 Å². The molecule has 1 amide bonds. The lowest BCUT2D eigenvalue weighted by Gasteiger charge is -2.31. The van der Waals surface area contributed by atoms with Crippen molar-refractivity contribution < 1.29 is 14.7 Å². The third kappa shape index (κ3) is 2.45. The maximum absolute atomic E-state index is 12.2. The van der Waals surface area contributed by atoms with Crippen molar-refractivity contribution in [1.82, 2.24) is 5.32 Å². The maximum atomic E-state index is 12.2. The zero-order chi connectivity index (χ0) is 15.0. The van der Waals surface area contributed by atoms with Crippen LogP contribution in [-0.2, 0) is 4.79 Å². The van der Waals surface area contributed by atoms with Gasteiger partial charge < -0.3 is 10.4 Å². The van der Waals surface area contributed by atoms with Crippen molar-refractivity contribution in [2.75, 3.05) is 0 Å².